The zero-order valence-electron chi connectivity index (χ0n) is 10.7. The van der Waals surface area contributed by atoms with E-state index in [0.29, 0.717) is 30.9 Å². The fourth-order valence-electron chi connectivity index (χ4n) is 1.91. The van der Waals surface area contributed by atoms with Gasteiger partial charge in [-0.05, 0) is 30.7 Å². The topological polar surface area (TPSA) is 50.4 Å². The minimum Gasteiger partial charge on any atom is -0.378 e. The molecule has 1 amide bonds. The fourth-order valence-corrected chi connectivity index (χ4v) is 1.91. The molecule has 1 heterocycles. The highest BCUT2D eigenvalue weighted by molar-refractivity contribution is 5.91. The average molecular weight is 289 g/mol. The van der Waals surface area contributed by atoms with E-state index in [1.165, 1.54) is 6.07 Å². The molecule has 2 N–H and O–H groups in total. The third kappa shape index (κ3) is 4.78. The van der Waals surface area contributed by atoms with Crippen LogP contribution in [0.25, 0.3) is 0 Å². The number of morpholine rings is 1. The molecule has 0 aliphatic carbocycles. The molecule has 1 aliphatic heterocycles. The number of halogens is 2. The lowest BCUT2D eigenvalue weighted by molar-refractivity contribution is -0.117. The molecule has 6 heteroatoms. The van der Waals surface area contributed by atoms with Crippen LogP contribution < -0.4 is 10.6 Å². The van der Waals surface area contributed by atoms with Crippen molar-refractivity contribution in [3.63, 3.8) is 0 Å². The lowest BCUT2D eigenvalue weighted by Gasteiger charge is -2.23. The Hall–Kier alpha value is -1.17. The molecule has 1 fully saturated rings. The highest BCUT2D eigenvalue weighted by atomic mass is 35.5. The lowest BCUT2D eigenvalue weighted by atomic mass is 10.1. The van der Waals surface area contributed by atoms with Crippen LogP contribution >= 0.6 is 12.4 Å². The SMILES string of the molecule is Cc1cc(NC(=O)CC2COCCN2)ccc1F.Cl. The Morgan fingerprint density at radius 2 is 2.37 bits per heavy atom. The van der Waals surface area contributed by atoms with Crippen molar-refractivity contribution in [3.05, 3.63) is 29.6 Å². The molecule has 1 aromatic rings. The van der Waals surface area contributed by atoms with Gasteiger partial charge in [0.15, 0.2) is 0 Å². The molecular formula is C13H18ClFN2O2. The summed E-state index contributed by atoms with van der Waals surface area (Å²) < 4.78 is 18.3. The van der Waals surface area contributed by atoms with Gasteiger partial charge in [-0.1, -0.05) is 0 Å². The number of benzene rings is 1. The lowest BCUT2D eigenvalue weighted by Crippen LogP contribution is -2.43. The van der Waals surface area contributed by atoms with E-state index in [4.69, 9.17) is 4.74 Å². The first kappa shape index (κ1) is 15.9. The zero-order chi connectivity index (χ0) is 13.0. The normalized spacial score (nSPS) is 18.5. The summed E-state index contributed by atoms with van der Waals surface area (Å²) in [6.45, 7) is 3.68. The maximum absolute atomic E-state index is 13.1. The minimum absolute atomic E-state index is 0. The minimum atomic E-state index is -0.268. The van der Waals surface area contributed by atoms with Crippen molar-refractivity contribution in [2.75, 3.05) is 25.1 Å². The van der Waals surface area contributed by atoms with Crippen LogP contribution in [0.5, 0.6) is 0 Å². The summed E-state index contributed by atoms with van der Waals surface area (Å²) in [7, 11) is 0. The number of hydrogen-bond acceptors (Lipinski definition) is 3. The molecule has 1 unspecified atom stereocenters. The van der Waals surface area contributed by atoms with Crippen molar-refractivity contribution >= 4 is 24.0 Å². The third-order valence-corrected chi connectivity index (χ3v) is 2.87. The van der Waals surface area contributed by atoms with Crippen LogP contribution in [-0.2, 0) is 9.53 Å². The van der Waals surface area contributed by atoms with Crippen LogP contribution in [0.3, 0.4) is 0 Å². The van der Waals surface area contributed by atoms with Gasteiger partial charge in [0.25, 0.3) is 0 Å². The van der Waals surface area contributed by atoms with Crippen LogP contribution in [0.15, 0.2) is 18.2 Å². The van der Waals surface area contributed by atoms with Crippen LogP contribution in [0, 0.1) is 12.7 Å². The van der Waals surface area contributed by atoms with Gasteiger partial charge in [-0.15, -0.1) is 12.4 Å². The zero-order valence-corrected chi connectivity index (χ0v) is 11.6. The molecule has 1 saturated heterocycles. The molecule has 2 rings (SSSR count). The predicted molar refractivity (Wildman–Crippen MR) is 74.2 cm³/mol. The summed E-state index contributed by atoms with van der Waals surface area (Å²) in [4.78, 5) is 11.8. The van der Waals surface area contributed by atoms with Crippen molar-refractivity contribution in [2.45, 2.75) is 19.4 Å². The van der Waals surface area contributed by atoms with E-state index in [1.807, 2.05) is 0 Å². The average Bonchev–Trinajstić information content (AvgIpc) is 2.35. The van der Waals surface area contributed by atoms with Gasteiger partial charge in [-0.3, -0.25) is 4.79 Å². The Balaban J connectivity index is 0.00000180. The van der Waals surface area contributed by atoms with Crippen molar-refractivity contribution in [1.82, 2.24) is 5.32 Å². The number of carbonyl (C=O) groups excluding carboxylic acids is 1. The second-order valence-corrected chi connectivity index (χ2v) is 4.44. The second-order valence-electron chi connectivity index (χ2n) is 4.44. The van der Waals surface area contributed by atoms with Crippen LogP contribution in [0.1, 0.15) is 12.0 Å². The molecular weight excluding hydrogens is 271 g/mol. The molecule has 0 aromatic heterocycles. The molecule has 1 aliphatic rings. The maximum Gasteiger partial charge on any atom is 0.226 e. The molecule has 0 spiro atoms. The number of nitrogens with one attached hydrogen (secondary N) is 2. The Bertz CT molecular complexity index is 437. The standard InChI is InChI=1S/C13H17FN2O2.ClH/c1-9-6-10(2-3-12(9)14)16-13(17)7-11-8-18-5-4-15-11;/h2-3,6,11,15H,4-5,7-8H2,1H3,(H,16,17);1H. The summed E-state index contributed by atoms with van der Waals surface area (Å²) in [6, 6.07) is 4.59. The maximum atomic E-state index is 13.1. The number of carbonyl (C=O) groups is 1. The molecule has 0 bridgehead atoms. The molecule has 1 aromatic carbocycles. The van der Waals surface area contributed by atoms with Crippen LogP contribution in [0.4, 0.5) is 10.1 Å². The van der Waals surface area contributed by atoms with Gasteiger partial charge in [-0.25, -0.2) is 4.39 Å². The van der Waals surface area contributed by atoms with E-state index < -0.39 is 0 Å². The Kier molecular flexibility index (Phi) is 6.21. The number of rotatable bonds is 3. The van der Waals surface area contributed by atoms with Gasteiger partial charge in [0.05, 0.1) is 13.2 Å². The quantitative estimate of drug-likeness (QED) is 0.893. The van der Waals surface area contributed by atoms with Crippen LogP contribution in [0.2, 0.25) is 0 Å². The first-order valence-corrected chi connectivity index (χ1v) is 6.02. The number of amides is 1. The molecule has 1 atom stereocenters. The Morgan fingerprint density at radius 1 is 1.58 bits per heavy atom. The van der Waals surface area contributed by atoms with Crippen molar-refractivity contribution < 1.29 is 13.9 Å². The third-order valence-electron chi connectivity index (χ3n) is 2.87. The molecule has 4 nitrogen and oxygen atoms in total. The summed E-state index contributed by atoms with van der Waals surface area (Å²) >= 11 is 0. The van der Waals surface area contributed by atoms with Gasteiger partial charge in [-0.2, -0.15) is 0 Å². The van der Waals surface area contributed by atoms with E-state index in [-0.39, 0.29) is 30.2 Å². The number of ether oxygens (including phenoxy) is 1. The molecule has 0 saturated carbocycles. The Labute approximate surface area is 118 Å². The summed E-state index contributed by atoms with van der Waals surface area (Å²) in [5, 5.41) is 5.97. The molecule has 0 radical (unpaired) electrons. The van der Waals surface area contributed by atoms with E-state index in [2.05, 4.69) is 10.6 Å². The Morgan fingerprint density at radius 3 is 3.00 bits per heavy atom. The molecule has 106 valence electrons. The van der Waals surface area contributed by atoms with Gasteiger partial charge in [0.1, 0.15) is 5.82 Å². The van der Waals surface area contributed by atoms with Gasteiger partial charge in [0, 0.05) is 24.7 Å². The van der Waals surface area contributed by atoms with Gasteiger partial charge >= 0.3 is 0 Å². The smallest absolute Gasteiger partial charge is 0.226 e. The first-order chi connectivity index (χ1) is 8.65. The van der Waals surface area contributed by atoms with E-state index in [1.54, 1.807) is 19.1 Å². The highest BCUT2D eigenvalue weighted by Gasteiger charge is 2.16. The second kappa shape index (κ2) is 7.43. The van der Waals surface area contributed by atoms with Crippen molar-refractivity contribution in [2.24, 2.45) is 0 Å². The fraction of sp³-hybridized carbons (Fsp3) is 0.462. The number of hydrogen-bond donors (Lipinski definition) is 2. The first-order valence-electron chi connectivity index (χ1n) is 6.02. The summed E-state index contributed by atoms with van der Waals surface area (Å²) in [5.74, 6) is -0.362. The molecule has 19 heavy (non-hydrogen) atoms. The highest BCUT2D eigenvalue weighted by Crippen LogP contribution is 2.14. The predicted octanol–water partition coefficient (Wildman–Crippen LogP) is 1.87. The number of aryl methyl sites for hydroxylation is 1. The van der Waals surface area contributed by atoms with E-state index in [9.17, 15) is 9.18 Å². The van der Waals surface area contributed by atoms with E-state index >= 15 is 0 Å². The summed E-state index contributed by atoms with van der Waals surface area (Å²) in [6.07, 6.45) is 0.358. The monoisotopic (exact) mass is 288 g/mol. The van der Waals surface area contributed by atoms with Crippen molar-refractivity contribution in [1.29, 1.82) is 0 Å². The summed E-state index contributed by atoms with van der Waals surface area (Å²) in [5.41, 5.74) is 1.14. The van der Waals surface area contributed by atoms with Crippen LogP contribution in [-0.4, -0.2) is 31.7 Å². The number of anilines is 1. The van der Waals surface area contributed by atoms with Crippen molar-refractivity contribution in [3.8, 4) is 0 Å². The van der Waals surface area contributed by atoms with E-state index in [0.717, 1.165) is 6.54 Å². The largest absolute Gasteiger partial charge is 0.378 e. The van der Waals surface area contributed by atoms with Gasteiger partial charge in [0.2, 0.25) is 5.91 Å². The van der Waals surface area contributed by atoms with Gasteiger partial charge < -0.3 is 15.4 Å².